The van der Waals surface area contributed by atoms with Crippen molar-refractivity contribution >= 4 is 15.9 Å². The first-order chi connectivity index (χ1) is 13.9. The molecule has 1 N–H and O–H groups in total. The summed E-state index contributed by atoms with van der Waals surface area (Å²) in [6.45, 7) is 1.30. The summed E-state index contributed by atoms with van der Waals surface area (Å²) in [6.07, 6.45) is 0.489. The van der Waals surface area contributed by atoms with E-state index in [2.05, 4.69) is 5.32 Å². The molecule has 0 spiro atoms. The second-order valence-electron chi connectivity index (χ2n) is 6.48. The molecule has 0 aliphatic carbocycles. The Kier molecular flexibility index (Phi) is 6.83. The smallest absolute Gasteiger partial charge is 0.254 e. The topological polar surface area (TPSA) is 84.9 Å². The van der Waals surface area contributed by atoms with Crippen LogP contribution in [0.4, 0.5) is 4.39 Å². The Morgan fingerprint density at radius 2 is 1.93 bits per heavy atom. The van der Waals surface area contributed by atoms with Crippen LogP contribution in [0.2, 0.25) is 0 Å². The maximum atomic E-state index is 14.2. The molecule has 1 aliphatic rings. The van der Waals surface area contributed by atoms with E-state index in [1.54, 1.807) is 7.11 Å². The van der Waals surface area contributed by atoms with Crippen LogP contribution >= 0.6 is 0 Å². The molecule has 1 aliphatic heterocycles. The largest absolute Gasteiger partial charge is 0.496 e. The van der Waals surface area contributed by atoms with Gasteiger partial charge in [-0.2, -0.15) is 4.31 Å². The number of nitrogens with zero attached hydrogens (tertiary/aromatic N) is 1. The molecule has 1 fully saturated rings. The Hall–Kier alpha value is -2.49. The monoisotopic (exact) mass is 422 g/mol. The van der Waals surface area contributed by atoms with E-state index in [1.165, 1.54) is 10.4 Å². The SMILES string of the molecule is COc1ccccc1CCNC(=O)c1cc(S(=O)(=O)N2CCOCC2)ccc1F. The fraction of sp³-hybridized carbons (Fsp3) is 0.350. The first kappa shape index (κ1) is 21.2. The van der Waals surface area contributed by atoms with E-state index in [4.69, 9.17) is 9.47 Å². The first-order valence-corrected chi connectivity index (χ1v) is 10.6. The highest BCUT2D eigenvalue weighted by molar-refractivity contribution is 7.89. The van der Waals surface area contributed by atoms with Crippen LogP contribution in [0.15, 0.2) is 47.4 Å². The maximum Gasteiger partial charge on any atom is 0.254 e. The summed E-state index contributed by atoms with van der Waals surface area (Å²) in [5.74, 6) is -0.747. The number of morpholine rings is 1. The Labute approximate surface area is 169 Å². The molecule has 156 valence electrons. The molecule has 3 rings (SSSR count). The molecule has 0 unspecified atom stereocenters. The van der Waals surface area contributed by atoms with Crippen LogP contribution in [0.25, 0.3) is 0 Å². The number of hydrogen-bond donors (Lipinski definition) is 1. The van der Waals surface area contributed by atoms with E-state index in [-0.39, 0.29) is 30.1 Å². The van der Waals surface area contributed by atoms with Gasteiger partial charge in [0, 0.05) is 19.6 Å². The number of carbonyl (C=O) groups excluding carboxylic acids is 1. The molecule has 2 aromatic carbocycles. The van der Waals surface area contributed by atoms with Crippen LogP contribution in [0.5, 0.6) is 5.75 Å². The number of ether oxygens (including phenoxy) is 2. The number of para-hydroxylation sites is 1. The molecule has 7 nitrogen and oxygen atoms in total. The second-order valence-corrected chi connectivity index (χ2v) is 8.41. The Balaban J connectivity index is 1.71. The summed E-state index contributed by atoms with van der Waals surface area (Å²) in [5, 5.41) is 2.63. The Morgan fingerprint density at radius 3 is 2.66 bits per heavy atom. The summed E-state index contributed by atoms with van der Waals surface area (Å²) in [7, 11) is -2.25. The third-order valence-corrected chi connectivity index (χ3v) is 6.56. The lowest BCUT2D eigenvalue weighted by Crippen LogP contribution is -2.40. The fourth-order valence-electron chi connectivity index (χ4n) is 3.09. The third-order valence-electron chi connectivity index (χ3n) is 4.66. The van der Waals surface area contributed by atoms with Crippen molar-refractivity contribution in [2.45, 2.75) is 11.3 Å². The lowest BCUT2D eigenvalue weighted by atomic mass is 10.1. The number of carbonyl (C=O) groups is 1. The van der Waals surface area contributed by atoms with Gasteiger partial charge in [-0.1, -0.05) is 18.2 Å². The van der Waals surface area contributed by atoms with Gasteiger partial charge in [0.05, 0.1) is 30.8 Å². The molecule has 0 bridgehead atoms. The van der Waals surface area contributed by atoms with Crippen LogP contribution in [0, 0.1) is 5.82 Å². The molecule has 9 heteroatoms. The summed E-state index contributed by atoms with van der Waals surface area (Å²) in [4.78, 5) is 12.3. The third kappa shape index (κ3) is 4.92. The minimum absolute atomic E-state index is 0.115. The highest BCUT2D eigenvalue weighted by Crippen LogP contribution is 2.21. The first-order valence-electron chi connectivity index (χ1n) is 9.21. The number of sulfonamides is 1. The van der Waals surface area contributed by atoms with Crippen molar-refractivity contribution in [2.24, 2.45) is 0 Å². The number of methoxy groups -OCH3 is 1. The Morgan fingerprint density at radius 1 is 1.21 bits per heavy atom. The average molecular weight is 422 g/mol. The van der Waals surface area contributed by atoms with E-state index < -0.39 is 21.7 Å². The molecule has 0 saturated carbocycles. The summed E-state index contributed by atoms with van der Waals surface area (Å²) in [6, 6.07) is 10.7. The summed E-state index contributed by atoms with van der Waals surface area (Å²) < 4.78 is 51.4. The van der Waals surface area contributed by atoms with E-state index in [9.17, 15) is 17.6 Å². The number of hydrogen-bond acceptors (Lipinski definition) is 5. The molecule has 1 amide bonds. The highest BCUT2D eigenvalue weighted by Gasteiger charge is 2.27. The van der Waals surface area contributed by atoms with Gasteiger partial charge in [0.1, 0.15) is 11.6 Å². The molecule has 1 heterocycles. The van der Waals surface area contributed by atoms with Gasteiger partial charge >= 0.3 is 0 Å². The van der Waals surface area contributed by atoms with Crippen LogP contribution in [0.1, 0.15) is 15.9 Å². The minimum atomic E-state index is -3.82. The van der Waals surface area contributed by atoms with Gasteiger partial charge in [0.15, 0.2) is 0 Å². The van der Waals surface area contributed by atoms with Crippen LogP contribution < -0.4 is 10.1 Å². The van der Waals surface area contributed by atoms with Crippen molar-refractivity contribution in [2.75, 3.05) is 40.0 Å². The van der Waals surface area contributed by atoms with Gasteiger partial charge in [-0.25, -0.2) is 12.8 Å². The van der Waals surface area contributed by atoms with Crippen molar-refractivity contribution in [1.82, 2.24) is 9.62 Å². The number of amides is 1. The van der Waals surface area contributed by atoms with Crippen LogP contribution in [-0.2, 0) is 21.2 Å². The van der Waals surface area contributed by atoms with Crippen molar-refractivity contribution < 1.29 is 27.1 Å². The predicted octanol–water partition coefficient (Wildman–Crippen LogP) is 1.83. The summed E-state index contributed by atoms with van der Waals surface area (Å²) in [5.41, 5.74) is 0.596. The molecular weight excluding hydrogens is 399 g/mol. The quantitative estimate of drug-likeness (QED) is 0.736. The van der Waals surface area contributed by atoms with Gasteiger partial charge in [-0.15, -0.1) is 0 Å². The highest BCUT2D eigenvalue weighted by atomic mass is 32.2. The van der Waals surface area contributed by atoms with Gasteiger partial charge in [-0.3, -0.25) is 4.79 Å². The summed E-state index contributed by atoms with van der Waals surface area (Å²) >= 11 is 0. The zero-order chi connectivity index (χ0) is 20.9. The molecule has 2 aromatic rings. The molecular formula is C20H23FN2O5S. The van der Waals surface area contributed by atoms with Crippen molar-refractivity contribution in [3.8, 4) is 5.75 Å². The van der Waals surface area contributed by atoms with E-state index in [1.807, 2.05) is 24.3 Å². The second kappa shape index (κ2) is 9.34. The molecule has 0 aromatic heterocycles. The van der Waals surface area contributed by atoms with Crippen LogP contribution in [0.3, 0.4) is 0 Å². The molecule has 0 radical (unpaired) electrons. The van der Waals surface area contributed by atoms with Crippen molar-refractivity contribution in [1.29, 1.82) is 0 Å². The normalized spacial score (nSPS) is 15.1. The molecule has 1 saturated heterocycles. The number of nitrogens with one attached hydrogen (secondary N) is 1. The van der Waals surface area contributed by atoms with Gasteiger partial charge in [0.2, 0.25) is 10.0 Å². The lowest BCUT2D eigenvalue weighted by Gasteiger charge is -2.26. The lowest BCUT2D eigenvalue weighted by molar-refractivity contribution is 0.0730. The van der Waals surface area contributed by atoms with Gasteiger partial charge in [-0.05, 0) is 36.2 Å². The zero-order valence-electron chi connectivity index (χ0n) is 16.1. The number of halogens is 1. The van der Waals surface area contributed by atoms with Crippen molar-refractivity contribution in [3.63, 3.8) is 0 Å². The predicted molar refractivity (Wildman–Crippen MR) is 105 cm³/mol. The van der Waals surface area contributed by atoms with Gasteiger partial charge < -0.3 is 14.8 Å². The standard InChI is InChI=1S/C20H23FN2O5S/c1-27-19-5-3-2-4-15(19)8-9-22-20(24)17-14-16(6-7-18(17)21)29(25,26)23-10-12-28-13-11-23/h2-7,14H,8-13H2,1H3,(H,22,24). The van der Waals surface area contributed by atoms with E-state index in [0.29, 0.717) is 25.4 Å². The minimum Gasteiger partial charge on any atom is -0.496 e. The van der Waals surface area contributed by atoms with Gasteiger partial charge in [0.25, 0.3) is 5.91 Å². The van der Waals surface area contributed by atoms with E-state index in [0.717, 1.165) is 17.7 Å². The average Bonchev–Trinajstić information content (AvgIpc) is 2.74. The van der Waals surface area contributed by atoms with Crippen LogP contribution in [-0.4, -0.2) is 58.6 Å². The Bertz CT molecular complexity index is 975. The zero-order valence-corrected chi connectivity index (χ0v) is 16.9. The van der Waals surface area contributed by atoms with Crippen molar-refractivity contribution in [3.05, 3.63) is 59.4 Å². The molecule has 0 atom stereocenters. The number of benzene rings is 2. The molecule has 29 heavy (non-hydrogen) atoms. The number of rotatable bonds is 7. The van der Waals surface area contributed by atoms with E-state index >= 15 is 0 Å². The maximum absolute atomic E-state index is 14.2. The fourth-order valence-corrected chi connectivity index (χ4v) is 4.53.